The number of aryl methyl sites for hydroxylation is 2. The van der Waals surface area contributed by atoms with Crippen LogP contribution in [-0.2, 0) is 0 Å². The molecule has 2 atom stereocenters. The number of nitrogens with one attached hydrogen (secondary N) is 1. The van der Waals surface area contributed by atoms with Gasteiger partial charge in [-0.2, -0.15) is 0 Å². The topological polar surface area (TPSA) is 32.3 Å². The van der Waals surface area contributed by atoms with Gasteiger partial charge in [0.1, 0.15) is 0 Å². The van der Waals surface area contributed by atoms with Gasteiger partial charge in [0, 0.05) is 24.7 Å². The summed E-state index contributed by atoms with van der Waals surface area (Å²) >= 11 is 0. The molecule has 0 bridgehead atoms. The summed E-state index contributed by atoms with van der Waals surface area (Å²) in [6.07, 6.45) is 1.04. The van der Waals surface area contributed by atoms with E-state index in [1.54, 1.807) is 0 Å². The van der Waals surface area contributed by atoms with Crippen LogP contribution in [0.3, 0.4) is 0 Å². The number of carbonyl (C=O) groups is 1. The molecule has 0 saturated carbocycles. The smallest absolute Gasteiger partial charge is 0.254 e. The number of benzene rings is 1. The number of amides is 1. The second-order valence-electron chi connectivity index (χ2n) is 5.73. The third-order valence-corrected chi connectivity index (χ3v) is 4.19. The minimum Gasteiger partial charge on any atom is -0.338 e. The molecule has 1 aromatic carbocycles. The Morgan fingerprint density at radius 3 is 2.74 bits per heavy atom. The van der Waals surface area contributed by atoms with E-state index in [1.165, 1.54) is 0 Å². The SMILES string of the molecule is CNC1CCN(C(=O)c2cc(C)ccc2C)CC1C. The lowest BCUT2D eigenvalue weighted by atomic mass is 9.93. The fourth-order valence-electron chi connectivity index (χ4n) is 2.90. The van der Waals surface area contributed by atoms with E-state index < -0.39 is 0 Å². The molecule has 3 nitrogen and oxygen atoms in total. The van der Waals surface area contributed by atoms with Gasteiger partial charge in [-0.15, -0.1) is 0 Å². The molecule has 1 aliphatic rings. The van der Waals surface area contributed by atoms with Gasteiger partial charge < -0.3 is 10.2 Å². The van der Waals surface area contributed by atoms with Gasteiger partial charge in [0.25, 0.3) is 5.91 Å². The maximum absolute atomic E-state index is 12.6. The molecule has 1 heterocycles. The van der Waals surface area contributed by atoms with Gasteiger partial charge >= 0.3 is 0 Å². The molecule has 104 valence electrons. The van der Waals surface area contributed by atoms with E-state index in [-0.39, 0.29) is 5.91 Å². The van der Waals surface area contributed by atoms with Crippen molar-refractivity contribution in [1.82, 2.24) is 10.2 Å². The maximum Gasteiger partial charge on any atom is 0.254 e. The lowest BCUT2D eigenvalue weighted by Gasteiger charge is -2.37. The Kier molecular flexibility index (Phi) is 4.25. The second kappa shape index (κ2) is 5.74. The molecule has 1 fully saturated rings. The highest BCUT2D eigenvalue weighted by Gasteiger charge is 2.28. The molecule has 1 aromatic rings. The van der Waals surface area contributed by atoms with E-state index in [9.17, 15) is 4.79 Å². The van der Waals surface area contributed by atoms with Crippen molar-refractivity contribution in [3.05, 3.63) is 34.9 Å². The van der Waals surface area contributed by atoms with Crippen LogP contribution < -0.4 is 5.32 Å². The van der Waals surface area contributed by atoms with Crippen LogP contribution >= 0.6 is 0 Å². The van der Waals surface area contributed by atoms with Crippen molar-refractivity contribution in [2.45, 2.75) is 33.2 Å². The van der Waals surface area contributed by atoms with Crippen molar-refractivity contribution < 1.29 is 4.79 Å². The summed E-state index contributed by atoms with van der Waals surface area (Å²) in [4.78, 5) is 14.6. The van der Waals surface area contributed by atoms with Crippen LogP contribution in [0.1, 0.15) is 34.8 Å². The van der Waals surface area contributed by atoms with Gasteiger partial charge in [0.15, 0.2) is 0 Å². The second-order valence-corrected chi connectivity index (χ2v) is 5.73. The molecule has 2 unspecified atom stereocenters. The summed E-state index contributed by atoms with van der Waals surface area (Å²) in [6, 6.07) is 6.63. The fraction of sp³-hybridized carbons (Fsp3) is 0.562. The molecule has 19 heavy (non-hydrogen) atoms. The predicted octanol–water partition coefficient (Wildman–Crippen LogP) is 2.37. The van der Waals surface area contributed by atoms with E-state index in [0.717, 1.165) is 36.2 Å². The monoisotopic (exact) mass is 260 g/mol. The highest BCUT2D eigenvalue weighted by Crippen LogP contribution is 2.20. The lowest BCUT2D eigenvalue weighted by Crippen LogP contribution is -2.49. The highest BCUT2D eigenvalue weighted by molar-refractivity contribution is 5.95. The van der Waals surface area contributed by atoms with Crippen molar-refractivity contribution in [2.75, 3.05) is 20.1 Å². The Bertz CT molecular complexity index is 470. The number of piperidine rings is 1. The van der Waals surface area contributed by atoms with Crippen LogP contribution in [0, 0.1) is 19.8 Å². The minimum atomic E-state index is 0.183. The Morgan fingerprint density at radius 2 is 2.11 bits per heavy atom. The van der Waals surface area contributed by atoms with E-state index in [0.29, 0.717) is 12.0 Å². The van der Waals surface area contributed by atoms with Crippen molar-refractivity contribution in [2.24, 2.45) is 5.92 Å². The molecule has 2 rings (SSSR count). The predicted molar refractivity (Wildman–Crippen MR) is 78.4 cm³/mol. The molecule has 1 aliphatic heterocycles. The zero-order chi connectivity index (χ0) is 14.0. The van der Waals surface area contributed by atoms with Crippen LogP contribution in [0.4, 0.5) is 0 Å². The van der Waals surface area contributed by atoms with Gasteiger partial charge in [-0.1, -0.05) is 24.6 Å². The van der Waals surface area contributed by atoms with Crippen LogP contribution in [0.25, 0.3) is 0 Å². The summed E-state index contributed by atoms with van der Waals surface area (Å²) in [7, 11) is 2.00. The molecule has 1 N–H and O–H groups in total. The zero-order valence-corrected chi connectivity index (χ0v) is 12.4. The summed E-state index contributed by atoms with van der Waals surface area (Å²) in [6.45, 7) is 7.95. The van der Waals surface area contributed by atoms with Crippen LogP contribution in [0.5, 0.6) is 0 Å². The molecule has 0 aromatic heterocycles. The largest absolute Gasteiger partial charge is 0.338 e. The Hall–Kier alpha value is -1.35. The standard InChI is InChI=1S/C16H24N2O/c1-11-5-6-12(2)14(9-11)16(19)18-8-7-15(17-4)13(3)10-18/h5-6,9,13,15,17H,7-8,10H2,1-4H3. The Balaban J connectivity index is 2.14. The minimum absolute atomic E-state index is 0.183. The third-order valence-electron chi connectivity index (χ3n) is 4.19. The summed E-state index contributed by atoms with van der Waals surface area (Å²) in [5.41, 5.74) is 3.07. The van der Waals surface area contributed by atoms with E-state index in [1.807, 2.05) is 37.9 Å². The van der Waals surface area contributed by atoms with Gasteiger partial charge in [-0.3, -0.25) is 4.79 Å². The van der Waals surface area contributed by atoms with Crippen molar-refractivity contribution in [1.29, 1.82) is 0 Å². The molecule has 0 radical (unpaired) electrons. The van der Waals surface area contributed by atoms with Crippen molar-refractivity contribution >= 4 is 5.91 Å². The van der Waals surface area contributed by atoms with Crippen molar-refractivity contribution in [3.63, 3.8) is 0 Å². The summed E-state index contributed by atoms with van der Waals surface area (Å²) in [5.74, 6) is 0.690. The van der Waals surface area contributed by atoms with Crippen LogP contribution in [-0.4, -0.2) is 37.0 Å². The van der Waals surface area contributed by atoms with E-state index in [2.05, 4.69) is 18.3 Å². The Labute approximate surface area is 116 Å². The average Bonchev–Trinajstić information content (AvgIpc) is 2.40. The Morgan fingerprint density at radius 1 is 1.37 bits per heavy atom. The molecular formula is C16H24N2O. The normalized spacial score (nSPS) is 23.5. The van der Waals surface area contributed by atoms with Gasteiger partial charge in [-0.25, -0.2) is 0 Å². The first kappa shape index (κ1) is 14.1. The molecule has 1 amide bonds. The van der Waals surface area contributed by atoms with Gasteiger partial charge in [-0.05, 0) is 44.9 Å². The molecule has 0 aliphatic carbocycles. The molecular weight excluding hydrogens is 236 g/mol. The van der Waals surface area contributed by atoms with E-state index in [4.69, 9.17) is 0 Å². The fourth-order valence-corrected chi connectivity index (χ4v) is 2.90. The average molecular weight is 260 g/mol. The number of hydrogen-bond donors (Lipinski definition) is 1. The number of hydrogen-bond acceptors (Lipinski definition) is 2. The number of nitrogens with zero attached hydrogens (tertiary/aromatic N) is 1. The number of rotatable bonds is 2. The first-order chi connectivity index (χ1) is 9.02. The summed E-state index contributed by atoms with van der Waals surface area (Å²) in [5, 5.41) is 3.34. The zero-order valence-electron chi connectivity index (χ0n) is 12.4. The lowest BCUT2D eigenvalue weighted by molar-refractivity contribution is 0.0648. The summed E-state index contributed by atoms with van der Waals surface area (Å²) < 4.78 is 0. The van der Waals surface area contributed by atoms with Gasteiger partial charge in [0.05, 0.1) is 0 Å². The van der Waals surface area contributed by atoms with Crippen molar-refractivity contribution in [3.8, 4) is 0 Å². The maximum atomic E-state index is 12.6. The quantitative estimate of drug-likeness (QED) is 0.885. The van der Waals surface area contributed by atoms with Crippen LogP contribution in [0.2, 0.25) is 0 Å². The van der Waals surface area contributed by atoms with Gasteiger partial charge in [0.2, 0.25) is 0 Å². The first-order valence-corrected chi connectivity index (χ1v) is 7.06. The number of carbonyl (C=O) groups excluding carboxylic acids is 1. The first-order valence-electron chi connectivity index (χ1n) is 7.06. The molecule has 3 heteroatoms. The number of likely N-dealkylation sites (tertiary alicyclic amines) is 1. The molecule has 0 spiro atoms. The van der Waals surface area contributed by atoms with E-state index >= 15 is 0 Å². The highest BCUT2D eigenvalue weighted by atomic mass is 16.2. The third kappa shape index (κ3) is 2.98. The van der Waals surface area contributed by atoms with Crippen LogP contribution in [0.15, 0.2) is 18.2 Å². The molecule has 1 saturated heterocycles.